The first-order chi connectivity index (χ1) is 20.3. The molecule has 6 heteroatoms. The van der Waals surface area contributed by atoms with Crippen LogP contribution in [0.15, 0.2) is 66.7 Å². The molecule has 0 amide bonds. The van der Waals surface area contributed by atoms with Crippen LogP contribution in [-0.2, 0) is 4.74 Å². The van der Waals surface area contributed by atoms with Crippen LogP contribution >= 0.6 is 11.8 Å². The standard InChI is InChI=1S/C36H44O5S/c1-7-18-39-32-23-25-14-15-27(22-26(25)24-33(32)40-19-8-2)41-31-17-16-30(28-12-10-11-13-29(28)31)34(37)35(36(4,5)6)42-21-20-38-9-3/h10-17,22-24,35H,7-9,18-21H2,1-6H3. The molecule has 0 aliphatic carbocycles. The van der Waals surface area contributed by atoms with Gasteiger partial charge in [0.05, 0.1) is 25.1 Å². The lowest BCUT2D eigenvalue weighted by Crippen LogP contribution is -2.32. The Kier molecular flexibility index (Phi) is 11.2. The van der Waals surface area contributed by atoms with Gasteiger partial charge in [0, 0.05) is 23.3 Å². The maximum Gasteiger partial charge on any atom is 0.176 e. The zero-order chi connectivity index (χ0) is 30.1. The Bertz CT molecular complexity index is 1490. The molecule has 42 heavy (non-hydrogen) atoms. The van der Waals surface area contributed by atoms with Gasteiger partial charge in [0.25, 0.3) is 0 Å². The predicted octanol–water partition coefficient (Wildman–Crippen LogP) is 9.73. The fraction of sp³-hybridized carbons (Fsp3) is 0.417. The summed E-state index contributed by atoms with van der Waals surface area (Å²) in [6, 6.07) is 21.9. The molecular weight excluding hydrogens is 544 g/mol. The van der Waals surface area contributed by atoms with E-state index in [-0.39, 0.29) is 16.4 Å². The van der Waals surface area contributed by atoms with Crippen LogP contribution in [0.25, 0.3) is 21.5 Å². The van der Waals surface area contributed by atoms with Gasteiger partial charge in [0.2, 0.25) is 0 Å². The molecular formula is C36H44O5S. The number of fused-ring (bicyclic) bond motifs is 2. The maximum absolute atomic E-state index is 14.0. The van der Waals surface area contributed by atoms with E-state index in [1.54, 1.807) is 11.8 Å². The highest BCUT2D eigenvalue weighted by Crippen LogP contribution is 2.39. The number of benzene rings is 4. The largest absolute Gasteiger partial charge is 0.490 e. The highest BCUT2D eigenvalue weighted by atomic mass is 32.2. The first-order valence-corrected chi connectivity index (χ1v) is 16.1. The van der Waals surface area contributed by atoms with Gasteiger partial charge in [-0.2, -0.15) is 0 Å². The lowest BCUT2D eigenvalue weighted by atomic mass is 9.86. The molecule has 0 saturated carbocycles. The van der Waals surface area contributed by atoms with Crippen LogP contribution in [0.5, 0.6) is 23.0 Å². The van der Waals surface area contributed by atoms with Crippen molar-refractivity contribution in [2.45, 2.75) is 59.6 Å². The molecule has 4 aromatic rings. The number of thioether (sulfide) groups is 1. The third-order valence-corrected chi connectivity index (χ3v) is 8.57. The van der Waals surface area contributed by atoms with Crippen molar-refractivity contribution in [2.24, 2.45) is 5.41 Å². The molecule has 5 nitrogen and oxygen atoms in total. The normalized spacial score (nSPS) is 12.4. The Morgan fingerprint density at radius 2 is 1.43 bits per heavy atom. The zero-order valence-corrected chi connectivity index (χ0v) is 26.6. The molecule has 0 radical (unpaired) electrons. The number of ketones is 1. The Balaban J connectivity index is 1.65. The van der Waals surface area contributed by atoms with Crippen molar-refractivity contribution in [3.8, 4) is 23.0 Å². The lowest BCUT2D eigenvalue weighted by Gasteiger charge is -2.29. The molecule has 0 aliphatic heterocycles. The van der Waals surface area contributed by atoms with Crippen LogP contribution in [0.4, 0.5) is 0 Å². The molecule has 0 spiro atoms. The first kappa shape index (κ1) is 31.7. The van der Waals surface area contributed by atoms with Crippen molar-refractivity contribution in [1.82, 2.24) is 0 Å². The molecule has 1 atom stereocenters. The summed E-state index contributed by atoms with van der Waals surface area (Å²) in [7, 11) is 0. The fourth-order valence-corrected chi connectivity index (χ4v) is 6.11. The molecule has 0 bridgehead atoms. The maximum atomic E-state index is 14.0. The van der Waals surface area contributed by atoms with Gasteiger partial charge in [-0.1, -0.05) is 65.0 Å². The van der Waals surface area contributed by atoms with Gasteiger partial charge in [-0.3, -0.25) is 4.79 Å². The van der Waals surface area contributed by atoms with E-state index < -0.39 is 0 Å². The fourth-order valence-electron chi connectivity index (χ4n) is 4.88. The summed E-state index contributed by atoms with van der Waals surface area (Å²) in [5, 5.41) is 3.68. The number of hydrogen-bond donors (Lipinski definition) is 0. The van der Waals surface area contributed by atoms with E-state index in [4.69, 9.17) is 18.9 Å². The Labute approximate surface area is 254 Å². The Morgan fingerprint density at radius 1 is 0.762 bits per heavy atom. The molecule has 0 aromatic heterocycles. The number of rotatable bonds is 15. The molecule has 0 aliphatic rings. The summed E-state index contributed by atoms with van der Waals surface area (Å²) in [5.74, 6) is 3.86. The third kappa shape index (κ3) is 7.78. The Morgan fingerprint density at radius 3 is 2.07 bits per heavy atom. The quantitative estimate of drug-likeness (QED) is 0.102. The summed E-state index contributed by atoms with van der Waals surface area (Å²) < 4.78 is 24.0. The van der Waals surface area contributed by atoms with Crippen LogP contribution in [0.2, 0.25) is 0 Å². The molecule has 0 fully saturated rings. The van der Waals surface area contributed by atoms with Crippen LogP contribution in [-0.4, -0.2) is 43.2 Å². The van der Waals surface area contributed by atoms with E-state index in [0.29, 0.717) is 32.2 Å². The van der Waals surface area contributed by atoms with E-state index in [1.165, 1.54) is 0 Å². The predicted molar refractivity (Wildman–Crippen MR) is 176 cm³/mol. The van der Waals surface area contributed by atoms with Crippen molar-refractivity contribution in [1.29, 1.82) is 0 Å². The second kappa shape index (κ2) is 14.8. The lowest BCUT2D eigenvalue weighted by molar-refractivity contribution is 0.0952. The highest BCUT2D eigenvalue weighted by molar-refractivity contribution is 8.00. The van der Waals surface area contributed by atoms with E-state index in [1.807, 2.05) is 73.7 Å². The summed E-state index contributed by atoms with van der Waals surface area (Å²) in [4.78, 5) is 14.0. The molecule has 0 heterocycles. The molecule has 0 N–H and O–H groups in total. The van der Waals surface area contributed by atoms with Gasteiger partial charge in [0.1, 0.15) is 11.5 Å². The van der Waals surface area contributed by atoms with E-state index in [9.17, 15) is 4.79 Å². The second-order valence-corrected chi connectivity index (χ2v) is 12.7. The monoisotopic (exact) mass is 588 g/mol. The average Bonchev–Trinajstić information content (AvgIpc) is 2.98. The molecule has 4 aromatic carbocycles. The highest BCUT2D eigenvalue weighted by Gasteiger charge is 2.33. The van der Waals surface area contributed by atoms with Crippen molar-refractivity contribution < 1.29 is 23.7 Å². The SMILES string of the molecule is CCCOc1cc2ccc(Oc3ccc(C(=O)C(SCCOCC)C(C)(C)C)c4ccccc34)cc2cc1OCCC. The minimum absolute atomic E-state index is 0.137. The van der Waals surface area contributed by atoms with Gasteiger partial charge in [0.15, 0.2) is 17.3 Å². The summed E-state index contributed by atoms with van der Waals surface area (Å²) in [6.07, 6.45) is 1.85. The van der Waals surface area contributed by atoms with Gasteiger partial charge in [-0.25, -0.2) is 0 Å². The van der Waals surface area contributed by atoms with Crippen molar-refractivity contribution in [2.75, 3.05) is 32.2 Å². The van der Waals surface area contributed by atoms with Crippen LogP contribution in [0.1, 0.15) is 64.7 Å². The van der Waals surface area contributed by atoms with Crippen molar-refractivity contribution in [3.63, 3.8) is 0 Å². The smallest absolute Gasteiger partial charge is 0.176 e. The van der Waals surface area contributed by atoms with Crippen LogP contribution < -0.4 is 14.2 Å². The van der Waals surface area contributed by atoms with Crippen molar-refractivity contribution in [3.05, 3.63) is 72.3 Å². The number of hydrogen-bond acceptors (Lipinski definition) is 6. The molecule has 4 rings (SSSR count). The van der Waals surface area contributed by atoms with Gasteiger partial charge >= 0.3 is 0 Å². The zero-order valence-electron chi connectivity index (χ0n) is 25.8. The van der Waals surface area contributed by atoms with E-state index in [0.717, 1.165) is 63.0 Å². The summed E-state index contributed by atoms with van der Waals surface area (Å²) >= 11 is 1.67. The average molecular weight is 589 g/mol. The molecule has 1 unspecified atom stereocenters. The van der Waals surface area contributed by atoms with Gasteiger partial charge < -0.3 is 18.9 Å². The molecule has 0 saturated heterocycles. The van der Waals surface area contributed by atoms with Gasteiger partial charge in [-0.05, 0) is 77.7 Å². The first-order valence-electron chi connectivity index (χ1n) is 15.0. The van der Waals surface area contributed by atoms with E-state index >= 15 is 0 Å². The Hall–Kier alpha value is -3.22. The number of carbonyl (C=O) groups excluding carboxylic acids is 1. The van der Waals surface area contributed by atoms with Gasteiger partial charge in [-0.15, -0.1) is 11.8 Å². The second-order valence-electron chi connectivity index (χ2n) is 11.4. The summed E-state index contributed by atoms with van der Waals surface area (Å²) in [6.45, 7) is 15.1. The van der Waals surface area contributed by atoms with E-state index in [2.05, 4.69) is 34.6 Å². The van der Waals surface area contributed by atoms with Crippen LogP contribution in [0.3, 0.4) is 0 Å². The number of Topliss-reactive ketones (excluding diaryl/α,β-unsaturated/α-hetero) is 1. The molecule has 224 valence electrons. The minimum Gasteiger partial charge on any atom is -0.490 e. The third-order valence-electron chi connectivity index (χ3n) is 6.92. The summed E-state index contributed by atoms with van der Waals surface area (Å²) in [5.41, 5.74) is 0.522. The van der Waals surface area contributed by atoms with Crippen molar-refractivity contribution >= 4 is 39.1 Å². The van der Waals surface area contributed by atoms with Crippen LogP contribution in [0, 0.1) is 5.41 Å². The number of ether oxygens (including phenoxy) is 4. The number of carbonyl (C=O) groups is 1. The topological polar surface area (TPSA) is 54.0 Å². The minimum atomic E-state index is -0.198.